The third-order valence-corrected chi connectivity index (χ3v) is 3.89. The summed E-state index contributed by atoms with van der Waals surface area (Å²) < 4.78 is 0. The zero-order valence-electron chi connectivity index (χ0n) is 11.6. The third kappa shape index (κ3) is 4.40. The molecule has 0 spiro atoms. The van der Waals surface area contributed by atoms with E-state index in [9.17, 15) is 0 Å². The zero-order valence-corrected chi connectivity index (χ0v) is 11.6. The number of nitrogens with one attached hydrogen (secondary N) is 2. The Kier molecular flexibility index (Phi) is 5.22. The van der Waals surface area contributed by atoms with Crippen molar-refractivity contribution in [1.29, 1.82) is 0 Å². The van der Waals surface area contributed by atoms with E-state index in [1.54, 1.807) is 0 Å². The van der Waals surface area contributed by atoms with Gasteiger partial charge >= 0.3 is 0 Å². The van der Waals surface area contributed by atoms with Gasteiger partial charge in [0.05, 0.1) is 0 Å². The number of rotatable bonds is 6. The van der Waals surface area contributed by atoms with E-state index in [0.717, 1.165) is 12.6 Å². The molecule has 1 rings (SSSR count). The Labute approximate surface area is 101 Å². The van der Waals surface area contributed by atoms with Crippen LogP contribution in [-0.2, 0) is 0 Å². The molecule has 0 saturated carbocycles. The molecule has 1 saturated heterocycles. The van der Waals surface area contributed by atoms with Gasteiger partial charge in [-0.3, -0.25) is 0 Å². The van der Waals surface area contributed by atoms with Crippen LogP contribution in [0.15, 0.2) is 0 Å². The maximum atomic E-state index is 3.65. The van der Waals surface area contributed by atoms with E-state index in [1.807, 2.05) is 0 Å². The van der Waals surface area contributed by atoms with Gasteiger partial charge < -0.3 is 15.5 Å². The van der Waals surface area contributed by atoms with Crippen molar-refractivity contribution in [2.24, 2.45) is 0 Å². The highest BCUT2D eigenvalue weighted by molar-refractivity contribution is 4.83. The molecule has 3 heteroatoms. The Bertz CT molecular complexity index is 195. The molecule has 1 fully saturated rings. The Morgan fingerprint density at radius 3 is 2.62 bits per heavy atom. The van der Waals surface area contributed by atoms with Crippen LogP contribution in [0.25, 0.3) is 0 Å². The van der Waals surface area contributed by atoms with E-state index in [-0.39, 0.29) is 5.54 Å². The van der Waals surface area contributed by atoms with Crippen molar-refractivity contribution in [3.63, 3.8) is 0 Å². The fourth-order valence-electron chi connectivity index (χ4n) is 2.05. The van der Waals surface area contributed by atoms with Gasteiger partial charge in [-0.2, -0.15) is 0 Å². The van der Waals surface area contributed by atoms with Crippen molar-refractivity contribution >= 4 is 0 Å². The van der Waals surface area contributed by atoms with E-state index in [2.05, 4.69) is 50.4 Å². The molecule has 0 aromatic rings. The number of likely N-dealkylation sites (N-methyl/N-ethyl adjacent to an activating group) is 1. The number of nitrogens with zero attached hydrogens (tertiary/aromatic N) is 1. The van der Waals surface area contributed by atoms with Crippen LogP contribution < -0.4 is 10.6 Å². The summed E-state index contributed by atoms with van der Waals surface area (Å²) >= 11 is 0. The molecule has 96 valence electrons. The molecular formula is C13H29N3. The van der Waals surface area contributed by atoms with E-state index in [4.69, 9.17) is 0 Å². The first-order chi connectivity index (χ1) is 7.42. The van der Waals surface area contributed by atoms with E-state index < -0.39 is 0 Å². The van der Waals surface area contributed by atoms with Crippen LogP contribution in [0.5, 0.6) is 0 Å². The minimum atomic E-state index is 0.233. The van der Waals surface area contributed by atoms with Gasteiger partial charge in [0.1, 0.15) is 0 Å². The summed E-state index contributed by atoms with van der Waals surface area (Å²) in [4.78, 5) is 2.28. The molecule has 0 amide bonds. The van der Waals surface area contributed by atoms with Crippen molar-refractivity contribution < 1.29 is 0 Å². The van der Waals surface area contributed by atoms with Crippen LogP contribution in [0.4, 0.5) is 0 Å². The first-order valence-electron chi connectivity index (χ1n) is 6.56. The smallest absolute Gasteiger partial charge is 0.0271 e. The summed E-state index contributed by atoms with van der Waals surface area (Å²) in [5, 5.41) is 7.21. The zero-order chi connectivity index (χ0) is 12.2. The van der Waals surface area contributed by atoms with Gasteiger partial charge in [0.2, 0.25) is 0 Å². The largest absolute Gasteiger partial charge is 0.314 e. The maximum absolute atomic E-state index is 3.65. The summed E-state index contributed by atoms with van der Waals surface area (Å²) in [7, 11) is 4.29. The highest BCUT2D eigenvalue weighted by Crippen LogP contribution is 2.12. The third-order valence-electron chi connectivity index (χ3n) is 3.89. The van der Waals surface area contributed by atoms with Crippen LogP contribution in [0.3, 0.4) is 0 Å². The molecule has 1 aliphatic heterocycles. The molecule has 0 bridgehead atoms. The molecular weight excluding hydrogens is 198 g/mol. The SMILES string of the molecule is CC(CC1CCCN1)NCC(C)(C)N(C)C. The Balaban J connectivity index is 2.21. The van der Waals surface area contributed by atoms with Crippen LogP contribution in [-0.4, -0.2) is 49.7 Å². The standard InChI is InChI=1S/C13H29N3/c1-11(9-12-7-6-8-14-12)15-10-13(2,3)16(4)5/h11-12,14-15H,6-10H2,1-5H3. The second-order valence-corrected chi connectivity index (χ2v) is 6.02. The van der Waals surface area contributed by atoms with Gasteiger partial charge in [0.25, 0.3) is 0 Å². The topological polar surface area (TPSA) is 27.3 Å². The lowest BCUT2D eigenvalue weighted by Gasteiger charge is -2.34. The molecule has 1 aliphatic rings. The van der Waals surface area contributed by atoms with Gasteiger partial charge in [-0.05, 0) is 60.7 Å². The first kappa shape index (κ1) is 13.9. The van der Waals surface area contributed by atoms with Crippen LogP contribution in [0.1, 0.15) is 40.0 Å². The second kappa shape index (κ2) is 5.99. The lowest BCUT2D eigenvalue weighted by atomic mass is 10.0. The molecule has 1 heterocycles. The minimum absolute atomic E-state index is 0.233. The molecule has 0 radical (unpaired) electrons. The highest BCUT2D eigenvalue weighted by atomic mass is 15.2. The summed E-state index contributed by atoms with van der Waals surface area (Å²) in [6.45, 7) is 9.11. The quantitative estimate of drug-likeness (QED) is 0.719. The molecule has 2 unspecified atom stereocenters. The van der Waals surface area contributed by atoms with Gasteiger partial charge in [0, 0.05) is 24.2 Å². The summed E-state index contributed by atoms with van der Waals surface area (Å²) in [6, 6.07) is 1.35. The van der Waals surface area contributed by atoms with E-state index in [1.165, 1.54) is 25.8 Å². The molecule has 2 atom stereocenters. The molecule has 0 aliphatic carbocycles. The van der Waals surface area contributed by atoms with Crippen molar-refractivity contribution in [2.45, 2.75) is 57.7 Å². The first-order valence-corrected chi connectivity index (χ1v) is 6.56. The molecule has 0 aromatic carbocycles. The summed E-state index contributed by atoms with van der Waals surface area (Å²) in [5.74, 6) is 0. The Hall–Kier alpha value is -0.120. The van der Waals surface area contributed by atoms with Gasteiger partial charge in [-0.15, -0.1) is 0 Å². The van der Waals surface area contributed by atoms with Crippen molar-refractivity contribution in [3.05, 3.63) is 0 Å². The predicted molar refractivity (Wildman–Crippen MR) is 70.9 cm³/mol. The molecule has 16 heavy (non-hydrogen) atoms. The van der Waals surface area contributed by atoms with Crippen molar-refractivity contribution in [1.82, 2.24) is 15.5 Å². The Morgan fingerprint density at radius 1 is 1.44 bits per heavy atom. The molecule has 3 nitrogen and oxygen atoms in total. The van der Waals surface area contributed by atoms with Crippen molar-refractivity contribution in [2.75, 3.05) is 27.2 Å². The van der Waals surface area contributed by atoms with Gasteiger partial charge in [0.15, 0.2) is 0 Å². The lowest BCUT2D eigenvalue weighted by molar-refractivity contribution is 0.183. The van der Waals surface area contributed by atoms with Crippen LogP contribution in [0.2, 0.25) is 0 Å². The van der Waals surface area contributed by atoms with E-state index in [0.29, 0.717) is 6.04 Å². The fraction of sp³-hybridized carbons (Fsp3) is 1.00. The molecule has 2 N–H and O–H groups in total. The van der Waals surface area contributed by atoms with E-state index >= 15 is 0 Å². The molecule has 0 aromatic heterocycles. The lowest BCUT2D eigenvalue weighted by Crippen LogP contribution is -2.49. The number of hydrogen-bond donors (Lipinski definition) is 2. The summed E-state index contributed by atoms with van der Waals surface area (Å²) in [5.41, 5.74) is 0.233. The predicted octanol–water partition coefficient (Wildman–Crippen LogP) is 1.45. The van der Waals surface area contributed by atoms with Crippen molar-refractivity contribution in [3.8, 4) is 0 Å². The minimum Gasteiger partial charge on any atom is -0.314 e. The normalized spacial score (nSPS) is 24.0. The van der Waals surface area contributed by atoms with Gasteiger partial charge in [-0.25, -0.2) is 0 Å². The second-order valence-electron chi connectivity index (χ2n) is 6.02. The van der Waals surface area contributed by atoms with Crippen LogP contribution in [0, 0.1) is 0 Å². The average molecular weight is 227 g/mol. The summed E-state index contributed by atoms with van der Waals surface area (Å²) in [6.07, 6.45) is 3.95. The maximum Gasteiger partial charge on any atom is 0.0271 e. The highest BCUT2D eigenvalue weighted by Gasteiger charge is 2.22. The fourth-order valence-corrected chi connectivity index (χ4v) is 2.05. The Morgan fingerprint density at radius 2 is 2.12 bits per heavy atom. The van der Waals surface area contributed by atoms with Crippen LogP contribution >= 0.6 is 0 Å². The monoisotopic (exact) mass is 227 g/mol. The number of hydrogen-bond acceptors (Lipinski definition) is 3. The van der Waals surface area contributed by atoms with Gasteiger partial charge in [-0.1, -0.05) is 0 Å². The average Bonchev–Trinajstić information content (AvgIpc) is 2.67.